The van der Waals surface area contributed by atoms with Gasteiger partial charge in [-0.25, -0.2) is 4.98 Å². The molecule has 0 unspecified atom stereocenters. The molecule has 1 aromatic carbocycles. The first kappa shape index (κ1) is 14.2. The number of pyridine rings is 1. The monoisotopic (exact) mass is 346 g/mol. The number of hydrogen-bond acceptors (Lipinski definition) is 5. The van der Waals surface area contributed by atoms with Crippen molar-refractivity contribution in [3.05, 3.63) is 40.7 Å². The molecule has 0 radical (unpaired) electrons. The molecule has 2 heterocycles. The van der Waals surface area contributed by atoms with Gasteiger partial charge in [-0.3, -0.25) is 0 Å². The second kappa shape index (κ2) is 5.20. The maximum absolute atomic E-state index is 5.97. The second-order valence-corrected chi connectivity index (χ2v) is 6.54. The maximum Gasteiger partial charge on any atom is 0.228 e. The van der Waals surface area contributed by atoms with Crippen LogP contribution >= 0.6 is 15.9 Å². The lowest BCUT2D eigenvalue weighted by Gasteiger charge is -2.14. The number of halogens is 1. The molecule has 0 saturated heterocycles. The summed E-state index contributed by atoms with van der Waals surface area (Å²) in [5.41, 5.74) is 7.13. The van der Waals surface area contributed by atoms with Crippen molar-refractivity contribution >= 4 is 26.8 Å². The van der Waals surface area contributed by atoms with Crippen LogP contribution in [0.25, 0.3) is 22.4 Å². The summed E-state index contributed by atoms with van der Waals surface area (Å²) in [6.45, 7) is 3.84. The largest absolute Gasteiger partial charge is 0.339 e. The summed E-state index contributed by atoms with van der Waals surface area (Å²) in [5, 5.41) is 5.06. The minimum Gasteiger partial charge on any atom is -0.339 e. The number of para-hydroxylation sites is 1. The van der Waals surface area contributed by atoms with Gasteiger partial charge in [-0.05, 0) is 41.9 Å². The van der Waals surface area contributed by atoms with Gasteiger partial charge >= 0.3 is 0 Å². The van der Waals surface area contributed by atoms with E-state index in [0.29, 0.717) is 23.8 Å². The topological polar surface area (TPSA) is 77.8 Å². The van der Waals surface area contributed by atoms with Gasteiger partial charge in [0.1, 0.15) is 5.69 Å². The zero-order valence-electron chi connectivity index (χ0n) is 11.8. The molecule has 21 heavy (non-hydrogen) atoms. The van der Waals surface area contributed by atoms with E-state index in [4.69, 9.17) is 10.3 Å². The summed E-state index contributed by atoms with van der Waals surface area (Å²) in [7, 11) is 0. The first-order valence-electron chi connectivity index (χ1n) is 6.59. The van der Waals surface area contributed by atoms with E-state index in [2.05, 4.69) is 31.1 Å². The minimum absolute atomic E-state index is 0.391. The van der Waals surface area contributed by atoms with E-state index in [0.717, 1.165) is 15.4 Å². The normalized spacial score (nSPS) is 12.0. The molecule has 0 aliphatic carbocycles. The molecule has 6 heteroatoms. The van der Waals surface area contributed by atoms with Gasteiger partial charge in [0, 0.05) is 21.8 Å². The third-order valence-corrected chi connectivity index (χ3v) is 3.57. The van der Waals surface area contributed by atoms with Crippen molar-refractivity contribution in [3.63, 3.8) is 0 Å². The van der Waals surface area contributed by atoms with E-state index in [-0.39, 0.29) is 0 Å². The number of aromatic nitrogens is 3. The number of hydrogen-bond donors (Lipinski definition) is 1. The summed E-state index contributed by atoms with van der Waals surface area (Å²) in [5.74, 6) is 0.978. The maximum atomic E-state index is 5.97. The zero-order chi connectivity index (χ0) is 15.0. The minimum atomic E-state index is -0.391. The fourth-order valence-electron chi connectivity index (χ4n) is 2.06. The smallest absolute Gasteiger partial charge is 0.228 e. The van der Waals surface area contributed by atoms with Gasteiger partial charge in [0.05, 0.1) is 5.52 Å². The van der Waals surface area contributed by atoms with Crippen LogP contribution in [0.2, 0.25) is 0 Å². The van der Waals surface area contributed by atoms with E-state index >= 15 is 0 Å². The first-order chi connectivity index (χ1) is 9.92. The quantitative estimate of drug-likeness (QED) is 0.786. The van der Waals surface area contributed by atoms with E-state index in [1.807, 2.05) is 44.2 Å². The third-order valence-electron chi connectivity index (χ3n) is 2.96. The summed E-state index contributed by atoms with van der Waals surface area (Å²) in [4.78, 5) is 8.97. The molecule has 0 amide bonds. The van der Waals surface area contributed by atoms with Crippen molar-refractivity contribution < 1.29 is 4.52 Å². The molecule has 0 spiro atoms. The number of nitrogens with two attached hydrogens (primary N) is 1. The standard InChI is InChI=1S/C15H15BrN4O/c1-15(2,17)8-12-19-14(20-21-12)13-10(16)7-9-5-3-4-6-11(9)18-13/h3-7H,8,17H2,1-2H3. The molecule has 0 aliphatic rings. The summed E-state index contributed by atoms with van der Waals surface area (Å²) >= 11 is 3.52. The highest BCUT2D eigenvalue weighted by Crippen LogP contribution is 2.28. The second-order valence-electron chi connectivity index (χ2n) is 5.69. The molecular formula is C15H15BrN4O. The van der Waals surface area contributed by atoms with Crippen molar-refractivity contribution in [2.75, 3.05) is 0 Å². The molecule has 0 atom stereocenters. The lowest BCUT2D eigenvalue weighted by molar-refractivity contribution is 0.348. The van der Waals surface area contributed by atoms with Crippen molar-refractivity contribution in [1.82, 2.24) is 15.1 Å². The summed E-state index contributed by atoms with van der Waals surface area (Å²) in [6, 6.07) is 9.89. The predicted octanol–water partition coefficient (Wildman–Crippen LogP) is 3.33. The van der Waals surface area contributed by atoms with E-state index in [1.54, 1.807) is 0 Å². The molecule has 0 fully saturated rings. The Morgan fingerprint density at radius 3 is 2.76 bits per heavy atom. The molecule has 0 aliphatic heterocycles. The fourth-order valence-corrected chi connectivity index (χ4v) is 2.57. The van der Waals surface area contributed by atoms with Crippen molar-refractivity contribution in [3.8, 4) is 11.5 Å². The van der Waals surface area contributed by atoms with E-state index in [1.165, 1.54) is 0 Å². The number of nitrogens with zero attached hydrogens (tertiary/aromatic N) is 3. The number of benzene rings is 1. The van der Waals surface area contributed by atoms with Crippen LogP contribution in [0.4, 0.5) is 0 Å². The Morgan fingerprint density at radius 2 is 2.00 bits per heavy atom. The summed E-state index contributed by atoms with van der Waals surface area (Å²) in [6.07, 6.45) is 0.519. The van der Waals surface area contributed by atoms with Gasteiger partial charge in [0.2, 0.25) is 11.7 Å². The average Bonchev–Trinajstić information content (AvgIpc) is 2.84. The Hall–Kier alpha value is -1.79. The lowest BCUT2D eigenvalue weighted by atomic mass is 10.0. The first-order valence-corrected chi connectivity index (χ1v) is 7.39. The number of fused-ring (bicyclic) bond motifs is 1. The molecule has 3 aromatic rings. The van der Waals surface area contributed by atoms with Crippen LogP contribution in [0.15, 0.2) is 39.3 Å². The van der Waals surface area contributed by atoms with Crippen LogP contribution in [0.3, 0.4) is 0 Å². The Balaban J connectivity index is 2.02. The van der Waals surface area contributed by atoms with Gasteiger partial charge < -0.3 is 10.3 Å². The Kier molecular flexibility index (Phi) is 3.51. The van der Waals surface area contributed by atoms with Crippen molar-refractivity contribution in [2.24, 2.45) is 5.73 Å². The fraction of sp³-hybridized carbons (Fsp3) is 0.267. The summed E-state index contributed by atoms with van der Waals surface area (Å²) < 4.78 is 6.09. The van der Waals surface area contributed by atoms with Gasteiger partial charge in [0.15, 0.2) is 0 Å². The lowest BCUT2D eigenvalue weighted by Crippen LogP contribution is -2.34. The van der Waals surface area contributed by atoms with Crippen LogP contribution in [-0.4, -0.2) is 20.7 Å². The highest BCUT2D eigenvalue weighted by molar-refractivity contribution is 9.10. The van der Waals surface area contributed by atoms with E-state index in [9.17, 15) is 0 Å². The predicted molar refractivity (Wildman–Crippen MR) is 84.7 cm³/mol. The average molecular weight is 347 g/mol. The van der Waals surface area contributed by atoms with Gasteiger partial charge in [-0.1, -0.05) is 23.4 Å². The zero-order valence-corrected chi connectivity index (χ0v) is 13.4. The molecule has 3 rings (SSSR count). The van der Waals surface area contributed by atoms with E-state index < -0.39 is 5.54 Å². The van der Waals surface area contributed by atoms with Crippen molar-refractivity contribution in [1.29, 1.82) is 0 Å². The van der Waals surface area contributed by atoms with Gasteiger partial charge in [-0.2, -0.15) is 4.98 Å². The molecule has 0 saturated carbocycles. The third kappa shape index (κ3) is 3.11. The molecule has 0 bridgehead atoms. The van der Waals surface area contributed by atoms with Gasteiger partial charge in [0.25, 0.3) is 0 Å². The molecule has 5 nitrogen and oxygen atoms in total. The van der Waals surface area contributed by atoms with Crippen LogP contribution in [0.1, 0.15) is 19.7 Å². The Labute approximate surface area is 130 Å². The molecule has 2 N–H and O–H groups in total. The van der Waals surface area contributed by atoms with Crippen LogP contribution < -0.4 is 5.73 Å². The highest BCUT2D eigenvalue weighted by Gasteiger charge is 2.19. The molecule has 2 aromatic heterocycles. The highest BCUT2D eigenvalue weighted by atomic mass is 79.9. The molecular weight excluding hydrogens is 332 g/mol. The van der Waals surface area contributed by atoms with Crippen LogP contribution in [-0.2, 0) is 6.42 Å². The number of rotatable bonds is 3. The van der Waals surface area contributed by atoms with Crippen molar-refractivity contribution in [2.45, 2.75) is 25.8 Å². The Bertz CT molecular complexity index is 792. The van der Waals surface area contributed by atoms with Crippen LogP contribution in [0.5, 0.6) is 0 Å². The SMILES string of the molecule is CC(C)(N)Cc1nc(-c2nc3ccccc3cc2Br)no1. The molecule has 108 valence electrons. The van der Waals surface area contributed by atoms with Crippen LogP contribution in [0, 0.1) is 0 Å². The Morgan fingerprint density at radius 1 is 1.24 bits per heavy atom. The van der Waals surface area contributed by atoms with Gasteiger partial charge in [-0.15, -0.1) is 0 Å².